The van der Waals surface area contributed by atoms with Gasteiger partial charge in [0.25, 0.3) is 0 Å². The van der Waals surface area contributed by atoms with Crippen LogP contribution in [0.3, 0.4) is 0 Å². The van der Waals surface area contributed by atoms with Crippen molar-refractivity contribution >= 4 is 11.8 Å². The third-order valence-electron chi connectivity index (χ3n) is 7.41. The molecule has 2 aromatic carbocycles. The highest BCUT2D eigenvalue weighted by Crippen LogP contribution is 2.57. The lowest BCUT2D eigenvalue weighted by molar-refractivity contribution is -0.0612. The van der Waals surface area contributed by atoms with E-state index in [1.807, 2.05) is 0 Å². The van der Waals surface area contributed by atoms with E-state index in [9.17, 15) is 0 Å². The predicted molar refractivity (Wildman–Crippen MR) is 125 cm³/mol. The van der Waals surface area contributed by atoms with Gasteiger partial charge in [0.2, 0.25) is 0 Å². The first kappa shape index (κ1) is 20.5. The van der Waals surface area contributed by atoms with Crippen LogP contribution in [0.25, 0.3) is 0 Å². The fourth-order valence-electron chi connectivity index (χ4n) is 5.71. The first-order valence-electron chi connectivity index (χ1n) is 11.7. The van der Waals surface area contributed by atoms with Crippen molar-refractivity contribution < 1.29 is 9.47 Å². The van der Waals surface area contributed by atoms with Crippen LogP contribution in [-0.4, -0.2) is 10.2 Å². The van der Waals surface area contributed by atoms with Crippen LogP contribution < -0.4 is 4.74 Å². The van der Waals surface area contributed by atoms with E-state index in [2.05, 4.69) is 74.1 Å². The summed E-state index contributed by atoms with van der Waals surface area (Å²) in [7, 11) is 0. The second-order valence-electron chi connectivity index (χ2n) is 9.79. The largest absolute Gasteiger partial charge is 0.489 e. The fourth-order valence-corrected chi connectivity index (χ4v) is 7.36. The maximum Gasteiger partial charge on any atom is 0.123 e. The Balaban J connectivity index is 1.40. The Morgan fingerprint density at radius 2 is 1.77 bits per heavy atom. The van der Waals surface area contributed by atoms with Crippen LogP contribution in [0.1, 0.15) is 75.2 Å². The Morgan fingerprint density at radius 3 is 2.57 bits per heavy atom. The van der Waals surface area contributed by atoms with Gasteiger partial charge in [-0.25, -0.2) is 0 Å². The van der Waals surface area contributed by atoms with Gasteiger partial charge in [0.05, 0.1) is 6.10 Å². The van der Waals surface area contributed by atoms with Crippen LogP contribution in [0.2, 0.25) is 0 Å². The molecule has 1 heterocycles. The first-order valence-corrected chi connectivity index (χ1v) is 12.6. The summed E-state index contributed by atoms with van der Waals surface area (Å²) in [5.74, 6) is 2.33. The average molecular weight is 423 g/mol. The van der Waals surface area contributed by atoms with E-state index in [1.165, 1.54) is 55.2 Å². The molecule has 1 saturated carbocycles. The molecule has 0 amide bonds. The minimum absolute atomic E-state index is 0.206. The zero-order valence-electron chi connectivity index (χ0n) is 18.3. The standard InChI is InChI=1S/C27H34O2S/c1-27(2)23-17-16-21-22(25(23)29-26(30-27)20-12-7-4-8-13-20)14-9-15-24(21)28-18-19-10-5-3-6-11-19/h3,5-6,9-11,14-15,20,23,25-26H,4,7-8,12-13,16-18H2,1-2H3/t23-,25+,26+/m0/s1. The zero-order chi connectivity index (χ0) is 20.6. The van der Waals surface area contributed by atoms with Crippen molar-refractivity contribution in [2.24, 2.45) is 11.8 Å². The fraction of sp³-hybridized carbons (Fsp3) is 0.556. The first-order chi connectivity index (χ1) is 14.6. The van der Waals surface area contributed by atoms with Crippen molar-refractivity contribution in [2.45, 2.75) is 81.7 Å². The van der Waals surface area contributed by atoms with Crippen molar-refractivity contribution in [3.8, 4) is 5.75 Å². The smallest absolute Gasteiger partial charge is 0.123 e. The normalized spacial score (nSPS) is 28.4. The molecular formula is C27H34O2S. The van der Waals surface area contributed by atoms with Gasteiger partial charge in [-0.1, -0.05) is 75.6 Å². The number of benzene rings is 2. The summed E-state index contributed by atoms with van der Waals surface area (Å²) in [6.07, 6.45) is 9.27. The van der Waals surface area contributed by atoms with E-state index in [0.29, 0.717) is 23.9 Å². The van der Waals surface area contributed by atoms with E-state index < -0.39 is 0 Å². The molecule has 2 nitrogen and oxygen atoms in total. The minimum Gasteiger partial charge on any atom is -0.489 e. The molecule has 0 aromatic heterocycles. The van der Waals surface area contributed by atoms with Crippen molar-refractivity contribution in [1.82, 2.24) is 0 Å². The van der Waals surface area contributed by atoms with Crippen molar-refractivity contribution in [3.63, 3.8) is 0 Å². The van der Waals surface area contributed by atoms with Crippen LogP contribution in [0.4, 0.5) is 0 Å². The molecule has 160 valence electrons. The molecule has 0 N–H and O–H groups in total. The van der Waals surface area contributed by atoms with Gasteiger partial charge in [-0.2, -0.15) is 0 Å². The third kappa shape index (κ3) is 4.03. The highest BCUT2D eigenvalue weighted by molar-refractivity contribution is 8.01. The van der Waals surface area contributed by atoms with E-state index in [1.54, 1.807) is 0 Å². The summed E-state index contributed by atoms with van der Waals surface area (Å²) >= 11 is 2.11. The maximum atomic E-state index is 6.92. The van der Waals surface area contributed by atoms with Crippen LogP contribution >= 0.6 is 11.8 Å². The molecule has 5 rings (SSSR count). The second-order valence-corrected chi connectivity index (χ2v) is 11.5. The van der Waals surface area contributed by atoms with Gasteiger partial charge in [-0.3, -0.25) is 0 Å². The van der Waals surface area contributed by atoms with Crippen LogP contribution in [0.15, 0.2) is 48.5 Å². The molecule has 1 aliphatic heterocycles. The molecule has 2 aliphatic carbocycles. The van der Waals surface area contributed by atoms with Gasteiger partial charge in [-0.15, -0.1) is 11.8 Å². The van der Waals surface area contributed by atoms with Crippen molar-refractivity contribution in [1.29, 1.82) is 0 Å². The lowest BCUT2D eigenvalue weighted by atomic mass is 9.75. The summed E-state index contributed by atoms with van der Waals surface area (Å²) in [5.41, 5.74) is 4.31. The van der Waals surface area contributed by atoms with Crippen LogP contribution in [0, 0.1) is 11.8 Å². The molecule has 0 unspecified atom stereocenters. The Labute approximate surface area is 185 Å². The van der Waals surface area contributed by atoms with Gasteiger partial charge >= 0.3 is 0 Å². The van der Waals surface area contributed by atoms with Gasteiger partial charge in [0, 0.05) is 10.7 Å². The van der Waals surface area contributed by atoms with Gasteiger partial charge in [0.15, 0.2) is 0 Å². The Bertz CT molecular complexity index is 856. The molecule has 2 aromatic rings. The number of ether oxygens (including phenoxy) is 2. The molecule has 2 fully saturated rings. The molecule has 3 atom stereocenters. The van der Waals surface area contributed by atoms with E-state index >= 15 is 0 Å². The quantitative estimate of drug-likeness (QED) is 0.514. The monoisotopic (exact) mass is 422 g/mol. The third-order valence-corrected chi connectivity index (χ3v) is 9.05. The summed E-state index contributed by atoms with van der Waals surface area (Å²) in [6.45, 7) is 5.53. The summed E-state index contributed by atoms with van der Waals surface area (Å²) in [5, 5.41) is 0. The van der Waals surface area contributed by atoms with Gasteiger partial charge < -0.3 is 9.47 Å². The Kier molecular flexibility index (Phi) is 5.86. The molecule has 3 aliphatic rings. The Morgan fingerprint density at radius 1 is 0.967 bits per heavy atom. The lowest BCUT2D eigenvalue weighted by Gasteiger charge is -2.51. The van der Waals surface area contributed by atoms with Gasteiger partial charge in [-0.05, 0) is 54.4 Å². The average Bonchev–Trinajstić information content (AvgIpc) is 2.78. The molecule has 30 heavy (non-hydrogen) atoms. The Hall–Kier alpha value is -1.45. The molecule has 3 heteroatoms. The second kappa shape index (κ2) is 8.59. The summed E-state index contributed by atoms with van der Waals surface area (Å²) in [4.78, 5) is 0. The lowest BCUT2D eigenvalue weighted by Crippen LogP contribution is -2.46. The summed E-state index contributed by atoms with van der Waals surface area (Å²) in [6, 6.07) is 17.1. The molecule has 0 bridgehead atoms. The van der Waals surface area contributed by atoms with Crippen molar-refractivity contribution in [3.05, 3.63) is 65.2 Å². The van der Waals surface area contributed by atoms with Crippen LogP contribution in [-0.2, 0) is 17.8 Å². The maximum absolute atomic E-state index is 6.92. The highest BCUT2D eigenvalue weighted by Gasteiger charge is 2.49. The number of thioether (sulfide) groups is 1. The number of hydrogen-bond donors (Lipinski definition) is 0. The molecule has 1 saturated heterocycles. The minimum atomic E-state index is 0.206. The molecular weight excluding hydrogens is 388 g/mol. The SMILES string of the molecule is CC1(C)S[C@H](C2CCCCC2)O[C@@H]2c3cccc(OCc4ccccc4)c3CC[C@@H]21. The zero-order valence-corrected chi connectivity index (χ0v) is 19.1. The topological polar surface area (TPSA) is 18.5 Å². The number of rotatable bonds is 4. The molecule has 0 radical (unpaired) electrons. The number of fused-ring (bicyclic) bond motifs is 3. The van der Waals surface area contributed by atoms with E-state index in [0.717, 1.165) is 12.2 Å². The van der Waals surface area contributed by atoms with Gasteiger partial charge in [0.1, 0.15) is 17.8 Å². The van der Waals surface area contributed by atoms with Crippen LogP contribution in [0.5, 0.6) is 5.75 Å². The van der Waals surface area contributed by atoms with E-state index in [-0.39, 0.29) is 10.9 Å². The summed E-state index contributed by atoms with van der Waals surface area (Å²) < 4.78 is 13.5. The van der Waals surface area contributed by atoms with Crippen molar-refractivity contribution in [2.75, 3.05) is 0 Å². The number of hydrogen-bond acceptors (Lipinski definition) is 3. The van der Waals surface area contributed by atoms with E-state index in [4.69, 9.17) is 9.47 Å². The predicted octanol–water partition coefficient (Wildman–Crippen LogP) is 7.32. The molecule has 0 spiro atoms. The highest BCUT2D eigenvalue weighted by atomic mass is 32.2.